The highest BCUT2D eigenvalue weighted by Crippen LogP contribution is 2.15. The zero-order valence-corrected chi connectivity index (χ0v) is 13.6. The molecule has 7 heteroatoms. The quantitative estimate of drug-likeness (QED) is 0.659. The van der Waals surface area contributed by atoms with E-state index < -0.39 is 0 Å². The van der Waals surface area contributed by atoms with Gasteiger partial charge in [0.25, 0.3) is 5.56 Å². The number of benzene rings is 1. The first kappa shape index (κ1) is 15.4. The van der Waals surface area contributed by atoms with Crippen molar-refractivity contribution < 1.29 is 0 Å². The molecule has 0 fully saturated rings. The molecule has 0 aliphatic heterocycles. The van der Waals surface area contributed by atoms with Gasteiger partial charge in [0.05, 0.1) is 6.21 Å². The normalized spacial score (nSPS) is 11.8. The number of halogens is 1. The molecule has 2 aromatic rings. The van der Waals surface area contributed by atoms with Crippen LogP contribution in [-0.2, 0) is 5.41 Å². The Hall–Kier alpha value is -2.02. The van der Waals surface area contributed by atoms with Gasteiger partial charge in [0.1, 0.15) is 5.69 Å². The lowest BCUT2D eigenvalue weighted by Gasteiger charge is -2.15. The molecule has 0 aliphatic carbocycles. The standard InChI is InChI=1S/C14H16BrN5O/c1-14(2,3)11-12(21)17-13(20-18-11)19-16-8-9-4-6-10(15)7-5-9/h4-8H,1-3H3,(H2,17,19,20,21)/b16-8+. The van der Waals surface area contributed by atoms with E-state index in [9.17, 15) is 4.79 Å². The Morgan fingerprint density at radius 1 is 1.24 bits per heavy atom. The molecule has 0 bridgehead atoms. The van der Waals surface area contributed by atoms with Crippen LogP contribution in [0.3, 0.4) is 0 Å². The van der Waals surface area contributed by atoms with Crippen LogP contribution in [0, 0.1) is 0 Å². The van der Waals surface area contributed by atoms with Gasteiger partial charge in [0.15, 0.2) is 0 Å². The number of aromatic amines is 1. The zero-order valence-electron chi connectivity index (χ0n) is 12.0. The van der Waals surface area contributed by atoms with Gasteiger partial charge in [-0.3, -0.25) is 9.78 Å². The fraction of sp³-hybridized carbons (Fsp3) is 0.286. The lowest BCUT2D eigenvalue weighted by molar-refractivity contribution is 0.547. The Balaban J connectivity index is 2.09. The molecule has 2 N–H and O–H groups in total. The molecule has 0 unspecified atom stereocenters. The number of nitrogens with zero attached hydrogens (tertiary/aromatic N) is 3. The third-order valence-electron chi connectivity index (χ3n) is 2.66. The van der Waals surface area contributed by atoms with Crippen LogP contribution in [0.2, 0.25) is 0 Å². The van der Waals surface area contributed by atoms with E-state index in [2.05, 4.69) is 41.6 Å². The highest BCUT2D eigenvalue weighted by Gasteiger charge is 2.20. The molecule has 2 rings (SSSR count). The van der Waals surface area contributed by atoms with Gasteiger partial charge < -0.3 is 0 Å². The Bertz CT molecular complexity index is 701. The first-order chi connectivity index (χ1) is 9.86. The molecule has 1 heterocycles. The number of hydrogen-bond acceptors (Lipinski definition) is 5. The van der Waals surface area contributed by atoms with E-state index >= 15 is 0 Å². The van der Waals surface area contributed by atoms with Gasteiger partial charge in [0, 0.05) is 9.89 Å². The molecular weight excluding hydrogens is 334 g/mol. The van der Waals surface area contributed by atoms with Gasteiger partial charge in [-0.1, -0.05) is 48.8 Å². The topological polar surface area (TPSA) is 83.0 Å². The van der Waals surface area contributed by atoms with Crippen molar-refractivity contribution in [3.8, 4) is 0 Å². The summed E-state index contributed by atoms with van der Waals surface area (Å²) in [6.45, 7) is 5.72. The van der Waals surface area contributed by atoms with Crippen LogP contribution in [0.5, 0.6) is 0 Å². The largest absolute Gasteiger partial charge is 0.288 e. The number of rotatable bonds is 3. The van der Waals surface area contributed by atoms with Gasteiger partial charge in [-0.2, -0.15) is 5.10 Å². The van der Waals surface area contributed by atoms with Gasteiger partial charge in [0.2, 0.25) is 5.95 Å². The van der Waals surface area contributed by atoms with Crippen molar-refractivity contribution in [3.05, 3.63) is 50.3 Å². The summed E-state index contributed by atoms with van der Waals surface area (Å²) in [4.78, 5) is 14.5. The minimum absolute atomic E-state index is 0.210. The second-order valence-corrected chi connectivity index (χ2v) is 6.44. The number of hydrogen-bond donors (Lipinski definition) is 2. The monoisotopic (exact) mass is 349 g/mol. The summed E-state index contributed by atoms with van der Waals surface area (Å²) in [6, 6.07) is 7.65. The van der Waals surface area contributed by atoms with Gasteiger partial charge in [-0.25, -0.2) is 5.43 Å². The third-order valence-corrected chi connectivity index (χ3v) is 3.19. The fourth-order valence-electron chi connectivity index (χ4n) is 1.59. The average Bonchev–Trinajstić information content (AvgIpc) is 2.40. The Morgan fingerprint density at radius 3 is 2.48 bits per heavy atom. The maximum Gasteiger partial charge on any atom is 0.274 e. The van der Waals surface area contributed by atoms with Crippen LogP contribution in [0.15, 0.2) is 38.6 Å². The van der Waals surface area contributed by atoms with Crippen LogP contribution in [-0.4, -0.2) is 21.4 Å². The number of nitrogens with one attached hydrogen (secondary N) is 2. The summed E-state index contributed by atoms with van der Waals surface area (Å²) < 4.78 is 1.00. The van der Waals surface area contributed by atoms with Crippen molar-refractivity contribution in [3.63, 3.8) is 0 Å². The Morgan fingerprint density at radius 2 is 1.90 bits per heavy atom. The summed E-state index contributed by atoms with van der Waals surface area (Å²) in [5.41, 5.74) is 3.36. The molecule has 0 spiro atoms. The van der Waals surface area contributed by atoms with E-state index in [1.165, 1.54) is 0 Å². The van der Waals surface area contributed by atoms with Crippen molar-refractivity contribution in [2.75, 3.05) is 5.43 Å². The molecule has 110 valence electrons. The molecular formula is C14H16BrN5O. The maximum atomic E-state index is 11.9. The molecule has 0 saturated carbocycles. The summed E-state index contributed by atoms with van der Waals surface area (Å²) in [5, 5.41) is 11.9. The second-order valence-electron chi connectivity index (χ2n) is 5.52. The van der Waals surface area contributed by atoms with E-state index in [0.29, 0.717) is 5.69 Å². The van der Waals surface area contributed by atoms with Crippen molar-refractivity contribution in [2.45, 2.75) is 26.2 Å². The molecule has 21 heavy (non-hydrogen) atoms. The van der Waals surface area contributed by atoms with Gasteiger partial charge in [-0.15, -0.1) is 10.2 Å². The van der Waals surface area contributed by atoms with Crippen LogP contribution in [0.4, 0.5) is 5.95 Å². The van der Waals surface area contributed by atoms with Crippen LogP contribution in [0.25, 0.3) is 0 Å². The lowest BCUT2D eigenvalue weighted by atomic mass is 9.93. The average molecular weight is 350 g/mol. The van der Waals surface area contributed by atoms with Gasteiger partial charge in [-0.05, 0) is 17.7 Å². The Kier molecular flexibility index (Phi) is 4.52. The third kappa shape index (κ3) is 4.22. The first-order valence-electron chi connectivity index (χ1n) is 6.38. The second kappa shape index (κ2) is 6.17. The molecule has 1 aromatic carbocycles. The van der Waals surface area contributed by atoms with Crippen LogP contribution < -0.4 is 11.0 Å². The summed E-state index contributed by atoms with van der Waals surface area (Å²) in [5.74, 6) is 0.210. The minimum Gasteiger partial charge on any atom is -0.288 e. The van der Waals surface area contributed by atoms with Crippen LogP contribution in [0.1, 0.15) is 32.0 Å². The van der Waals surface area contributed by atoms with E-state index in [1.54, 1.807) is 6.21 Å². The first-order valence-corrected chi connectivity index (χ1v) is 7.18. The van der Waals surface area contributed by atoms with Crippen LogP contribution >= 0.6 is 15.9 Å². The predicted octanol–water partition coefficient (Wildman–Crippen LogP) is 2.67. The SMILES string of the molecule is CC(C)(C)c1nnc(N/N=C/c2ccc(Br)cc2)[nH]c1=O. The minimum atomic E-state index is -0.347. The zero-order chi connectivity index (χ0) is 15.5. The molecule has 1 aromatic heterocycles. The summed E-state index contributed by atoms with van der Waals surface area (Å²) >= 11 is 3.36. The van der Waals surface area contributed by atoms with E-state index in [1.807, 2.05) is 45.0 Å². The molecule has 6 nitrogen and oxygen atoms in total. The highest BCUT2D eigenvalue weighted by molar-refractivity contribution is 9.10. The number of anilines is 1. The van der Waals surface area contributed by atoms with E-state index in [-0.39, 0.29) is 16.9 Å². The lowest BCUT2D eigenvalue weighted by Crippen LogP contribution is -2.28. The molecule has 0 saturated heterocycles. The number of aromatic nitrogens is 3. The number of hydrazone groups is 1. The van der Waals surface area contributed by atoms with Crippen molar-refractivity contribution >= 4 is 28.1 Å². The van der Waals surface area contributed by atoms with Crippen molar-refractivity contribution in [1.82, 2.24) is 15.2 Å². The molecule has 0 radical (unpaired) electrons. The van der Waals surface area contributed by atoms with Crippen molar-refractivity contribution in [2.24, 2.45) is 5.10 Å². The smallest absolute Gasteiger partial charge is 0.274 e. The van der Waals surface area contributed by atoms with E-state index in [4.69, 9.17) is 0 Å². The maximum absolute atomic E-state index is 11.9. The molecule has 0 amide bonds. The molecule has 0 atom stereocenters. The fourth-order valence-corrected chi connectivity index (χ4v) is 1.86. The van der Waals surface area contributed by atoms with E-state index in [0.717, 1.165) is 10.0 Å². The number of H-pyrrole nitrogens is 1. The summed E-state index contributed by atoms with van der Waals surface area (Å²) in [7, 11) is 0. The summed E-state index contributed by atoms with van der Waals surface area (Å²) in [6.07, 6.45) is 1.63. The molecule has 0 aliphatic rings. The van der Waals surface area contributed by atoms with Gasteiger partial charge >= 0.3 is 0 Å². The highest BCUT2D eigenvalue weighted by atomic mass is 79.9. The Labute approximate surface area is 130 Å². The van der Waals surface area contributed by atoms with Crippen molar-refractivity contribution in [1.29, 1.82) is 0 Å². The predicted molar refractivity (Wildman–Crippen MR) is 86.7 cm³/mol.